The molecule has 6 heteroatoms. The van der Waals surface area contributed by atoms with Gasteiger partial charge in [0.1, 0.15) is 5.69 Å². The van der Waals surface area contributed by atoms with Gasteiger partial charge < -0.3 is 4.90 Å². The first kappa shape index (κ1) is 19.5. The van der Waals surface area contributed by atoms with Crippen LogP contribution in [-0.4, -0.2) is 38.8 Å². The minimum atomic E-state index is -0.0632. The minimum absolute atomic E-state index is 0.0632. The van der Waals surface area contributed by atoms with Gasteiger partial charge in [-0.2, -0.15) is 0 Å². The van der Waals surface area contributed by atoms with Gasteiger partial charge in [0.05, 0.1) is 6.20 Å². The average molecular weight is 407 g/mol. The Balaban J connectivity index is 1.54. The SMILES string of the molecule is Cc1cc(Cc2ccccc2Cl)cc([C@@H]2CCCN(C(=O)c3cnccn3)C2)n1. The molecule has 1 aliphatic rings. The molecular weight excluding hydrogens is 384 g/mol. The van der Waals surface area contributed by atoms with Crippen molar-refractivity contribution in [3.8, 4) is 0 Å². The molecule has 1 amide bonds. The Kier molecular flexibility index (Phi) is 5.86. The number of benzene rings is 1. The number of aryl methyl sites for hydroxylation is 1. The number of piperidine rings is 1. The van der Waals surface area contributed by atoms with E-state index in [9.17, 15) is 4.79 Å². The third-order valence-electron chi connectivity index (χ3n) is 5.29. The Bertz CT molecular complexity index is 1010. The molecule has 0 aliphatic carbocycles. The molecule has 0 unspecified atom stereocenters. The predicted molar refractivity (Wildman–Crippen MR) is 113 cm³/mol. The topological polar surface area (TPSA) is 59.0 Å². The Morgan fingerprint density at radius 2 is 2.10 bits per heavy atom. The van der Waals surface area contributed by atoms with Crippen LogP contribution in [0.1, 0.15) is 51.8 Å². The zero-order valence-corrected chi connectivity index (χ0v) is 17.1. The van der Waals surface area contributed by atoms with E-state index in [-0.39, 0.29) is 11.8 Å². The summed E-state index contributed by atoms with van der Waals surface area (Å²) in [5.41, 5.74) is 4.72. The average Bonchev–Trinajstić information content (AvgIpc) is 2.75. The van der Waals surface area contributed by atoms with Gasteiger partial charge >= 0.3 is 0 Å². The second-order valence-electron chi connectivity index (χ2n) is 7.49. The number of likely N-dealkylation sites (tertiary alicyclic amines) is 1. The summed E-state index contributed by atoms with van der Waals surface area (Å²) in [6, 6.07) is 12.2. The van der Waals surface area contributed by atoms with Gasteiger partial charge in [-0.1, -0.05) is 29.8 Å². The molecule has 0 radical (unpaired) electrons. The van der Waals surface area contributed by atoms with Crippen molar-refractivity contribution in [2.45, 2.75) is 32.1 Å². The van der Waals surface area contributed by atoms with E-state index in [2.05, 4.69) is 28.2 Å². The molecule has 5 nitrogen and oxygen atoms in total. The number of amides is 1. The quantitative estimate of drug-likeness (QED) is 0.642. The molecule has 0 saturated carbocycles. The molecule has 29 heavy (non-hydrogen) atoms. The molecule has 0 bridgehead atoms. The maximum absolute atomic E-state index is 12.8. The van der Waals surface area contributed by atoms with Crippen LogP contribution in [0.2, 0.25) is 5.02 Å². The summed E-state index contributed by atoms with van der Waals surface area (Å²) in [7, 11) is 0. The summed E-state index contributed by atoms with van der Waals surface area (Å²) in [4.78, 5) is 27.6. The minimum Gasteiger partial charge on any atom is -0.337 e. The fraction of sp³-hybridized carbons (Fsp3) is 0.304. The summed E-state index contributed by atoms with van der Waals surface area (Å²) in [6.45, 7) is 3.41. The van der Waals surface area contributed by atoms with Crippen molar-refractivity contribution < 1.29 is 4.79 Å². The second kappa shape index (κ2) is 8.70. The number of carbonyl (C=O) groups is 1. The lowest BCUT2D eigenvalue weighted by Crippen LogP contribution is -2.39. The highest BCUT2D eigenvalue weighted by molar-refractivity contribution is 6.31. The van der Waals surface area contributed by atoms with Gasteiger partial charge in [0.25, 0.3) is 5.91 Å². The van der Waals surface area contributed by atoms with Gasteiger partial charge in [-0.05, 0) is 55.5 Å². The number of carbonyl (C=O) groups excluding carboxylic acids is 1. The van der Waals surface area contributed by atoms with Crippen LogP contribution < -0.4 is 0 Å². The van der Waals surface area contributed by atoms with Crippen molar-refractivity contribution in [3.63, 3.8) is 0 Å². The second-order valence-corrected chi connectivity index (χ2v) is 7.90. The largest absolute Gasteiger partial charge is 0.337 e. The first-order chi connectivity index (χ1) is 14.1. The molecule has 2 aromatic heterocycles. The highest BCUT2D eigenvalue weighted by Crippen LogP contribution is 2.28. The Morgan fingerprint density at radius 3 is 2.90 bits per heavy atom. The van der Waals surface area contributed by atoms with Gasteiger partial charge in [0.2, 0.25) is 0 Å². The zero-order chi connectivity index (χ0) is 20.2. The molecule has 1 aromatic carbocycles. The smallest absolute Gasteiger partial charge is 0.274 e. The zero-order valence-electron chi connectivity index (χ0n) is 16.4. The van der Waals surface area contributed by atoms with E-state index in [0.29, 0.717) is 12.2 Å². The number of hydrogen-bond acceptors (Lipinski definition) is 4. The summed E-state index contributed by atoms with van der Waals surface area (Å²) in [6.07, 6.45) is 7.40. The lowest BCUT2D eigenvalue weighted by Gasteiger charge is -2.32. The van der Waals surface area contributed by atoms with Gasteiger partial charge in [-0.15, -0.1) is 0 Å². The van der Waals surface area contributed by atoms with E-state index < -0.39 is 0 Å². The number of aromatic nitrogens is 3. The van der Waals surface area contributed by atoms with E-state index in [1.807, 2.05) is 30.0 Å². The van der Waals surface area contributed by atoms with Gasteiger partial charge in [-0.25, -0.2) is 4.98 Å². The van der Waals surface area contributed by atoms with Crippen molar-refractivity contribution in [1.29, 1.82) is 0 Å². The van der Waals surface area contributed by atoms with E-state index >= 15 is 0 Å². The van der Waals surface area contributed by atoms with E-state index in [0.717, 1.165) is 47.8 Å². The number of hydrogen-bond donors (Lipinski definition) is 0. The lowest BCUT2D eigenvalue weighted by atomic mass is 9.92. The molecule has 148 valence electrons. The Morgan fingerprint density at radius 1 is 1.24 bits per heavy atom. The summed E-state index contributed by atoms with van der Waals surface area (Å²) in [5.74, 6) is 0.154. The first-order valence-electron chi connectivity index (χ1n) is 9.86. The molecule has 1 atom stereocenters. The number of halogens is 1. The molecule has 1 aliphatic heterocycles. The van der Waals surface area contributed by atoms with Crippen LogP contribution in [0.25, 0.3) is 0 Å². The normalized spacial score (nSPS) is 16.6. The molecular formula is C23H23ClN4O. The third-order valence-corrected chi connectivity index (χ3v) is 5.66. The molecule has 3 heterocycles. The van der Waals surface area contributed by atoms with Crippen LogP contribution in [0.5, 0.6) is 0 Å². The first-order valence-corrected chi connectivity index (χ1v) is 10.2. The summed E-state index contributed by atoms with van der Waals surface area (Å²) >= 11 is 6.34. The number of nitrogens with zero attached hydrogens (tertiary/aromatic N) is 4. The van der Waals surface area contributed by atoms with E-state index in [1.54, 1.807) is 12.4 Å². The fourth-order valence-corrected chi connectivity index (χ4v) is 4.12. The lowest BCUT2D eigenvalue weighted by molar-refractivity contribution is 0.0699. The van der Waals surface area contributed by atoms with Crippen LogP contribution >= 0.6 is 11.6 Å². The van der Waals surface area contributed by atoms with Crippen molar-refractivity contribution in [2.75, 3.05) is 13.1 Å². The van der Waals surface area contributed by atoms with E-state index in [1.165, 1.54) is 11.8 Å². The van der Waals surface area contributed by atoms with Gasteiger partial charge in [0, 0.05) is 47.8 Å². The summed E-state index contributed by atoms with van der Waals surface area (Å²) in [5, 5.41) is 0.780. The monoisotopic (exact) mass is 406 g/mol. The Labute approximate surface area is 175 Å². The predicted octanol–water partition coefficient (Wildman–Crippen LogP) is 4.44. The van der Waals surface area contributed by atoms with Crippen LogP contribution in [0, 0.1) is 6.92 Å². The standard InChI is InChI=1S/C23H23ClN4O/c1-16-11-17(12-18-5-2-3-7-20(18)24)13-21(27-16)19-6-4-10-28(15-19)23(29)22-14-25-8-9-26-22/h2-3,5,7-9,11,13-14,19H,4,6,10,12,15H2,1H3/t19-/m1/s1. The van der Waals surface area contributed by atoms with Gasteiger partial charge in [-0.3, -0.25) is 14.8 Å². The fourth-order valence-electron chi connectivity index (χ4n) is 3.92. The number of pyridine rings is 1. The van der Waals surface area contributed by atoms with Crippen LogP contribution in [0.15, 0.2) is 55.0 Å². The highest BCUT2D eigenvalue weighted by Gasteiger charge is 2.27. The van der Waals surface area contributed by atoms with Crippen molar-refractivity contribution in [1.82, 2.24) is 19.9 Å². The van der Waals surface area contributed by atoms with Crippen molar-refractivity contribution in [2.24, 2.45) is 0 Å². The molecule has 3 aromatic rings. The Hall–Kier alpha value is -2.79. The van der Waals surface area contributed by atoms with Crippen LogP contribution in [0.3, 0.4) is 0 Å². The van der Waals surface area contributed by atoms with Crippen molar-refractivity contribution in [3.05, 3.63) is 88.2 Å². The van der Waals surface area contributed by atoms with Crippen LogP contribution in [-0.2, 0) is 6.42 Å². The maximum atomic E-state index is 12.8. The molecule has 1 fully saturated rings. The van der Waals surface area contributed by atoms with Gasteiger partial charge in [0.15, 0.2) is 0 Å². The molecule has 0 N–H and O–H groups in total. The molecule has 0 spiro atoms. The highest BCUT2D eigenvalue weighted by atomic mass is 35.5. The van der Waals surface area contributed by atoms with Crippen LogP contribution in [0.4, 0.5) is 0 Å². The molecule has 4 rings (SSSR count). The molecule has 1 saturated heterocycles. The van der Waals surface area contributed by atoms with Crippen molar-refractivity contribution >= 4 is 17.5 Å². The summed E-state index contributed by atoms with van der Waals surface area (Å²) < 4.78 is 0. The number of rotatable bonds is 4. The van der Waals surface area contributed by atoms with E-state index in [4.69, 9.17) is 16.6 Å². The third kappa shape index (κ3) is 4.62. The maximum Gasteiger partial charge on any atom is 0.274 e.